The van der Waals surface area contributed by atoms with E-state index in [2.05, 4.69) is 72.0 Å². The van der Waals surface area contributed by atoms with Crippen LogP contribution in [0.1, 0.15) is 54.7 Å². The summed E-state index contributed by atoms with van der Waals surface area (Å²) in [5.74, 6) is 1.16. The largest absolute Gasteiger partial charge is 0.356 e. The lowest BCUT2D eigenvalue weighted by molar-refractivity contribution is -0.118. The maximum atomic E-state index is 12.7. The second-order valence-corrected chi connectivity index (χ2v) is 10.7. The number of aromatic nitrogens is 3. The highest BCUT2D eigenvalue weighted by Gasteiger charge is 2.18. The van der Waals surface area contributed by atoms with Crippen molar-refractivity contribution >= 4 is 34.8 Å². The summed E-state index contributed by atoms with van der Waals surface area (Å²) < 4.78 is 2.05. The van der Waals surface area contributed by atoms with Gasteiger partial charge in [-0.15, -0.1) is 21.5 Å². The smallest absolute Gasteiger partial charge is 0.216 e. The third-order valence-corrected chi connectivity index (χ3v) is 7.21. The van der Waals surface area contributed by atoms with Crippen LogP contribution in [0.2, 0.25) is 0 Å². The van der Waals surface area contributed by atoms with Crippen LogP contribution in [0.3, 0.4) is 0 Å². The highest BCUT2D eigenvalue weighted by Crippen LogP contribution is 2.28. The fourth-order valence-electron chi connectivity index (χ4n) is 3.24. The van der Waals surface area contributed by atoms with Crippen molar-refractivity contribution in [1.29, 1.82) is 0 Å². The second-order valence-electron chi connectivity index (χ2n) is 8.59. The Balaban J connectivity index is 1.65. The zero-order valence-corrected chi connectivity index (χ0v) is 20.9. The topological polar surface area (TPSA) is 76.9 Å². The second kappa shape index (κ2) is 10.4. The lowest BCUT2D eigenvalue weighted by Gasteiger charge is -2.19. The van der Waals surface area contributed by atoms with E-state index in [1.54, 1.807) is 0 Å². The zero-order chi connectivity index (χ0) is 23.3. The standard InChI is InChI=1S/C24H30N4O2S2/c1-6-28-22(17-7-9-18(10-8-17)24(3,4)5)26-27-23(28)31-15-20(30)21-12-11-19(32-21)13-14-25-16(2)29/h7-12H,6,13-15H2,1-5H3,(H,25,29). The number of hydrogen-bond donors (Lipinski definition) is 1. The number of thioether (sulfide) groups is 1. The van der Waals surface area contributed by atoms with E-state index in [1.165, 1.54) is 35.6 Å². The first-order chi connectivity index (χ1) is 15.2. The molecule has 0 spiro atoms. The lowest BCUT2D eigenvalue weighted by atomic mass is 9.87. The molecule has 0 unspecified atom stereocenters. The van der Waals surface area contributed by atoms with Gasteiger partial charge in [0.1, 0.15) is 0 Å². The van der Waals surface area contributed by atoms with Gasteiger partial charge in [-0.3, -0.25) is 9.59 Å². The van der Waals surface area contributed by atoms with E-state index in [4.69, 9.17) is 0 Å². The molecule has 0 aliphatic carbocycles. The highest BCUT2D eigenvalue weighted by atomic mass is 32.2. The van der Waals surface area contributed by atoms with Gasteiger partial charge in [0.25, 0.3) is 0 Å². The molecular formula is C24H30N4O2S2. The fraction of sp³-hybridized carbons (Fsp3) is 0.417. The van der Waals surface area contributed by atoms with Crippen LogP contribution in [-0.4, -0.2) is 38.8 Å². The summed E-state index contributed by atoms with van der Waals surface area (Å²) >= 11 is 2.90. The minimum absolute atomic E-state index is 0.0428. The molecule has 0 fully saturated rings. The summed E-state index contributed by atoms with van der Waals surface area (Å²) in [5.41, 5.74) is 2.40. The van der Waals surface area contributed by atoms with Crippen LogP contribution < -0.4 is 5.32 Å². The molecule has 0 saturated heterocycles. The lowest BCUT2D eigenvalue weighted by Crippen LogP contribution is -2.22. The maximum Gasteiger partial charge on any atom is 0.216 e. The molecular weight excluding hydrogens is 440 g/mol. The molecule has 8 heteroatoms. The Labute approximate surface area is 197 Å². The number of nitrogens with zero attached hydrogens (tertiary/aromatic N) is 3. The average Bonchev–Trinajstić information content (AvgIpc) is 3.38. The molecule has 0 atom stereocenters. The molecule has 2 heterocycles. The number of hydrogen-bond acceptors (Lipinski definition) is 6. The Bertz CT molecular complexity index is 1080. The summed E-state index contributed by atoms with van der Waals surface area (Å²) in [4.78, 5) is 25.5. The molecule has 2 aromatic heterocycles. The Morgan fingerprint density at radius 1 is 1.09 bits per heavy atom. The van der Waals surface area contributed by atoms with Crippen LogP contribution in [0.25, 0.3) is 11.4 Å². The third kappa shape index (κ3) is 6.07. The van der Waals surface area contributed by atoms with Gasteiger partial charge in [-0.1, -0.05) is 56.8 Å². The van der Waals surface area contributed by atoms with Gasteiger partial charge in [0.05, 0.1) is 10.6 Å². The minimum atomic E-state index is -0.0428. The summed E-state index contributed by atoms with van der Waals surface area (Å²) in [6, 6.07) is 12.3. The number of Topliss-reactive ketones (excluding diaryl/α,β-unsaturated/α-hetero) is 1. The number of carbonyl (C=O) groups is 2. The molecule has 32 heavy (non-hydrogen) atoms. The minimum Gasteiger partial charge on any atom is -0.356 e. The van der Waals surface area contributed by atoms with E-state index in [0.717, 1.165) is 39.3 Å². The van der Waals surface area contributed by atoms with Crippen molar-refractivity contribution in [3.8, 4) is 11.4 Å². The zero-order valence-electron chi connectivity index (χ0n) is 19.3. The van der Waals surface area contributed by atoms with E-state index in [9.17, 15) is 9.59 Å². The third-order valence-electron chi connectivity index (χ3n) is 5.06. The molecule has 1 amide bonds. The van der Waals surface area contributed by atoms with Gasteiger partial charge in [-0.25, -0.2) is 0 Å². The quantitative estimate of drug-likeness (QED) is 0.353. The van der Waals surface area contributed by atoms with Gasteiger partial charge in [0.15, 0.2) is 16.8 Å². The molecule has 0 aliphatic rings. The van der Waals surface area contributed by atoms with Crippen molar-refractivity contribution in [1.82, 2.24) is 20.1 Å². The molecule has 0 saturated carbocycles. The Kier molecular flexibility index (Phi) is 7.90. The van der Waals surface area contributed by atoms with Crippen LogP contribution in [0.15, 0.2) is 41.6 Å². The number of nitrogens with one attached hydrogen (secondary N) is 1. The van der Waals surface area contributed by atoms with Crippen LogP contribution >= 0.6 is 23.1 Å². The summed E-state index contributed by atoms with van der Waals surface area (Å²) in [6.45, 7) is 11.5. The Hall–Kier alpha value is -2.45. The van der Waals surface area contributed by atoms with Crippen LogP contribution in [0.4, 0.5) is 0 Å². The van der Waals surface area contributed by atoms with Crippen molar-refractivity contribution < 1.29 is 9.59 Å². The monoisotopic (exact) mass is 470 g/mol. The van der Waals surface area contributed by atoms with Crippen LogP contribution in [-0.2, 0) is 23.2 Å². The highest BCUT2D eigenvalue weighted by molar-refractivity contribution is 7.99. The van der Waals surface area contributed by atoms with E-state index >= 15 is 0 Å². The molecule has 0 bridgehead atoms. The molecule has 0 aliphatic heterocycles. The SMILES string of the molecule is CCn1c(SCC(=O)c2ccc(CCNC(C)=O)s2)nnc1-c1ccc(C(C)(C)C)cc1. The van der Waals surface area contributed by atoms with Crippen molar-refractivity contribution in [3.63, 3.8) is 0 Å². The molecule has 3 aromatic rings. The summed E-state index contributed by atoms with van der Waals surface area (Å²) in [6.07, 6.45) is 0.728. The molecule has 0 radical (unpaired) electrons. The van der Waals surface area contributed by atoms with E-state index in [-0.39, 0.29) is 17.1 Å². The van der Waals surface area contributed by atoms with Gasteiger partial charge in [-0.05, 0) is 36.5 Å². The molecule has 1 N–H and O–H groups in total. The van der Waals surface area contributed by atoms with Gasteiger partial charge >= 0.3 is 0 Å². The average molecular weight is 471 g/mol. The van der Waals surface area contributed by atoms with Gasteiger partial charge in [0.2, 0.25) is 5.91 Å². The number of thiophene rings is 1. The first kappa shape index (κ1) is 24.2. The van der Waals surface area contributed by atoms with Crippen molar-refractivity contribution in [2.75, 3.05) is 12.3 Å². The summed E-state index contributed by atoms with van der Waals surface area (Å²) in [7, 11) is 0. The van der Waals surface area contributed by atoms with Crippen molar-refractivity contribution in [2.24, 2.45) is 0 Å². The predicted molar refractivity (Wildman–Crippen MR) is 132 cm³/mol. The van der Waals surface area contributed by atoms with Crippen molar-refractivity contribution in [2.45, 2.75) is 58.2 Å². The number of carbonyl (C=O) groups excluding carboxylic acids is 2. The molecule has 170 valence electrons. The first-order valence-electron chi connectivity index (χ1n) is 10.7. The maximum absolute atomic E-state index is 12.7. The Morgan fingerprint density at radius 3 is 2.44 bits per heavy atom. The number of benzene rings is 1. The molecule has 1 aromatic carbocycles. The number of amides is 1. The van der Waals surface area contributed by atoms with E-state index in [0.29, 0.717) is 12.3 Å². The van der Waals surface area contributed by atoms with Crippen LogP contribution in [0.5, 0.6) is 0 Å². The Morgan fingerprint density at radius 2 is 1.81 bits per heavy atom. The summed E-state index contributed by atoms with van der Waals surface area (Å²) in [5, 5.41) is 12.3. The molecule has 6 nitrogen and oxygen atoms in total. The normalized spacial score (nSPS) is 11.5. The first-order valence-corrected chi connectivity index (χ1v) is 12.5. The fourth-order valence-corrected chi connectivity index (χ4v) is 5.16. The molecule has 3 rings (SSSR count). The number of ketones is 1. The van der Waals surface area contributed by atoms with E-state index in [1.807, 2.05) is 12.1 Å². The van der Waals surface area contributed by atoms with Crippen molar-refractivity contribution in [3.05, 3.63) is 51.7 Å². The number of rotatable bonds is 9. The van der Waals surface area contributed by atoms with Gasteiger partial charge in [-0.2, -0.15) is 0 Å². The van der Waals surface area contributed by atoms with Crippen LogP contribution in [0, 0.1) is 0 Å². The van der Waals surface area contributed by atoms with Gasteiger partial charge in [0, 0.05) is 30.5 Å². The van der Waals surface area contributed by atoms with Gasteiger partial charge < -0.3 is 9.88 Å². The van der Waals surface area contributed by atoms with E-state index < -0.39 is 0 Å². The predicted octanol–water partition coefficient (Wildman–Crippen LogP) is 4.98.